The molecule has 2 heterocycles. The third-order valence-corrected chi connectivity index (χ3v) is 6.52. The van der Waals surface area contributed by atoms with Crippen molar-refractivity contribution >= 4 is 43.5 Å². The molecule has 0 N–H and O–H groups in total. The maximum atomic E-state index is 6.46. The van der Waals surface area contributed by atoms with E-state index in [4.69, 9.17) is 4.42 Å². The van der Waals surface area contributed by atoms with Crippen LogP contribution in [0.1, 0.15) is 0 Å². The zero-order chi connectivity index (χ0) is 21.8. The molecule has 0 aliphatic rings. The predicted molar refractivity (Wildman–Crippen MR) is 137 cm³/mol. The molecule has 2 heteroatoms. The lowest BCUT2D eigenvalue weighted by Gasteiger charge is -2.11. The van der Waals surface area contributed by atoms with Crippen LogP contribution in [0, 0.1) is 0 Å². The Kier molecular flexibility index (Phi) is 3.88. The minimum Gasteiger partial charge on any atom is -0.455 e. The van der Waals surface area contributed by atoms with Gasteiger partial charge in [-0.25, -0.2) is 0 Å². The molecule has 154 valence electrons. The first-order chi connectivity index (χ1) is 16.4. The van der Waals surface area contributed by atoms with E-state index >= 15 is 0 Å². The Balaban J connectivity index is 1.50. The molecule has 33 heavy (non-hydrogen) atoms. The number of benzene rings is 5. The summed E-state index contributed by atoms with van der Waals surface area (Å²) >= 11 is 0. The van der Waals surface area contributed by atoms with Crippen molar-refractivity contribution in [2.45, 2.75) is 0 Å². The number of para-hydroxylation sites is 1. The monoisotopic (exact) mass is 421 g/mol. The van der Waals surface area contributed by atoms with Gasteiger partial charge in [-0.2, -0.15) is 0 Å². The number of hydrogen-bond donors (Lipinski definition) is 0. The van der Waals surface area contributed by atoms with E-state index < -0.39 is 0 Å². The molecular weight excluding hydrogens is 402 g/mol. The van der Waals surface area contributed by atoms with E-state index in [0.717, 1.165) is 38.8 Å². The normalized spacial score (nSPS) is 11.6. The maximum Gasteiger partial charge on any atom is 0.144 e. The smallest absolute Gasteiger partial charge is 0.144 e. The minimum atomic E-state index is 0.881. The number of pyridine rings is 1. The van der Waals surface area contributed by atoms with Crippen molar-refractivity contribution in [3.63, 3.8) is 0 Å². The zero-order valence-electron chi connectivity index (χ0n) is 17.8. The van der Waals surface area contributed by atoms with Crippen LogP contribution in [0.4, 0.5) is 0 Å². The fourth-order valence-electron chi connectivity index (χ4n) is 4.98. The summed E-state index contributed by atoms with van der Waals surface area (Å²) < 4.78 is 6.46. The third-order valence-electron chi connectivity index (χ3n) is 6.52. The zero-order valence-corrected chi connectivity index (χ0v) is 17.8. The predicted octanol–water partition coefficient (Wildman–Crippen LogP) is 8.62. The molecule has 0 atom stereocenters. The SMILES string of the molecule is c1ccc(-c2cccc3c2oc2cc(-c4cc5ccccc5c5ccccc45)ccc23)nc1. The highest BCUT2D eigenvalue weighted by Gasteiger charge is 2.15. The van der Waals surface area contributed by atoms with Crippen LogP contribution in [0.2, 0.25) is 0 Å². The van der Waals surface area contributed by atoms with Gasteiger partial charge >= 0.3 is 0 Å². The molecule has 5 aromatic carbocycles. The highest BCUT2D eigenvalue weighted by Crippen LogP contribution is 2.39. The van der Waals surface area contributed by atoms with E-state index in [1.54, 1.807) is 0 Å². The standard InChI is InChI=1S/C31H19NO/c1-2-9-22-20(8-1)18-28(24-11-4-3-10-23(22)24)21-15-16-25-26-12-7-13-27(29-14-5-6-17-32-29)31(26)33-30(25)19-21/h1-19H. The summed E-state index contributed by atoms with van der Waals surface area (Å²) in [6, 6.07) is 38.3. The number of rotatable bonds is 2. The second-order valence-corrected chi connectivity index (χ2v) is 8.40. The van der Waals surface area contributed by atoms with Crippen molar-refractivity contribution in [1.82, 2.24) is 4.98 Å². The third kappa shape index (κ3) is 2.78. The molecule has 7 aromatic rings. The molecule has 0 bridgehead atoms. The maximum absolute atomic E-state index is 6.46. The van der Waals surface area contributed by atoms with Crippen molar-refractivity contribution < 1.29 is 4.42 Å². The van der Waals surface area contributed by atoms with Gasteiger partial charge in [-0.05, 0) is 69.1 Å². The molecule has 0 spiro atoms. The molecule has 0 saturated carbocycles. The Morgan fingerprint density at radius 3 is 2.18 bits per heavy atom. The average Bonchev–Trinajstić information content (AvgIpc) is 3.27. The first-order valence-corrected chi connectivity index (χ1v) is 11.1. The lowest BCUT2D eigenvalue weighted by molar-refractivity contribution is 0.670. The lowest BCUT2D eigenvalue weighted by atomic mass is 9.93. The molecule has 2 nitrogen and oxygen atoms in total. The number of aromatic nitrogens is 1. The summed E-state index contributed by atoms with van der Waals surface area (Å²) in [6.07, 6.45) is 1.82. The molecule has 0 fully saturated rings. The second-order valence-electron chi connectivity index (χ2n) is 8.40. The van der Waals surface area contributed by atoms with Crippen LogP contribution in [0.15, 0.2) is 120 Å². The van der Waals surface area contributed by atoms with Crippen LogP contribution in [-0.4, -0.2) is 4.98 Å². The molecule has 0 unspecified atom stereocenters. The van der Waals surface area contributed by atoms with Gasteiger partial charge in [0, 0.05) is 22.5 Å². The Morgan fingerprint density at radius 2 is 1.30 bits per heavy atom. The number of nitrogens with zero attached hydrogens (tertiary/aromatic N) is 1. The summed E-state index contributed by atoms with van der Waals surface area (Å²) in [5.74, 6) is 0. The largest absolute Gasteiger partial charge is 0.455 e. The average molecular weight is 421 g/mol. The van der Waals surface area contributed by atoms with Crippen molar-refractivity contribution in [2.24, 2.45) is 0 Å². The molecule has 2 aromatic heterocycles. The van der Waals surface area contributed by atoms with E-state index in [1.807, 2.05) is 24.4 Å². The van der Waals surface area contributed by atoms with Crippen molar-refractivity contribution in [2.75, 3.05) is 0 Å². The first-order valence-electron chi connectivity index (χ1n) is 11.1. The van der Waals surface area contributed by atoms with Gasteiger partial charge in [0.05, 0.1) is 5.69 Å². The van der Waals surface area contributed by atoms with E-state index in [2.05, 4.69) is 96.0 Å². The molecule has 7 rings (SSSR count). The Bertz CT molecular complexity index is 1810. The van der Waals surface area contributed by atoms with Crippen molar-refractivity contribution in [1.29, 1.82) is 0 Å². The second kappa shape index (κ2) is 7.04. The highest BCUT2D eigenvalue weighted by atomic mass is 16.3. The number of hydrogen-bond acceptors (Lipinski definition) is 2. The Labute approximate surface area is 190 Å². The molecule has 0 amide bonds. The van der Waals surface area contributed by atoms with Crippen molar-refractivity contribution in [3.8, 4) is 22.4 Å². The number of furan rings is 1. The molecule has 0 aliphatic carbocycles. The van der Waals surface area contributed by atoms with Gasteiger partial charge in [-0.1, -0.05) is 72.8 Å². The van der Waals surface area contributed by atoms with Gasteiger partial charge in [0.25, 0.3) is 0 Å². The van der Waals surface area contributed by atoms with Gasteiger partial charge < -0.3 is 4.42 Å². The van der Waals surface area contributed by atoms with E-state index in [1.165, 1.54) is 27.1 Å². The van der Waals surface area contributed by atoms with Crippen LogP contribution >= 0.6 is 0 Å². The fraction of sp³-hybridized carbons (Fsp3) is 0. The van der Waals surface area contributed by atoms with E-state index in [0.29, 0.717) is 0 Å². The first kappa shape index (κ1) is 18.2. The minimum absolute atomic E-state index is 0.881. The van der Waals surface area contributed by atoms with E-state index in [-0.39, 0.29) is 0 Å². The lowest BCUT2D eigenvalue weighted by Crippen LogP contribution is -1.84. The summed E-state index contributed by atoms with van der Waals surface area (Å²) in [5.41, 5.74) is 6.08. The molecule has 0 saturated heterocycles. The van der Waals surface area contributed by atoms with Crippen molar-refractivity contribution in [3.05, 3.63) is 115 Å². The van der Waals surface area contributed by atoms with Crippen LogP contribution in [0.25, 0.3) is 65.9 Å². The quantitative estimate of drug-likeness (QED) is 0.261. The highest BCUT2D eigenvalue weighted by molar-refractivity contribution is 6.15. The Hall–Kier alpha value is -4.43. The number of fused-ring (bicyclic) bond motifs is 6. The van der Waals surface area contributed by atoms with Crippen LogP contribution in [0.5, 0.6) is 0 Å². The summed E-state index contributed by atoms with van der Waals surface area (Å²) in [5, 5.41) is 7.28. The van der Waals surface area contributed by atoms with Gasteiger partial charge in [0.15, 0.2) is 0 Å². The van der Waals surface area contributed by atoms with Crippen LogP contribution in [0.3, 0.4) is 0 Å². The summed E-state index contributed by atoms with van der Waals surface area (Å²) in [4.78, 5) is 4.54. The van der Waals surface area contributed by atoms with Gasteiger partial charge in [0.2, 0.25) is 0 Å². The van der Waals surface area contributed by atoms with E-state index in [9.17, 15) is 0 Å². The topological polar surface area (TPSA) is 26.0 Å². The molecule has 0 radical (unpaired) electrons. The molecular formula is C31H19NO. The molecule has 0 aliphatic heterocycles. The summed E-state index contributed by atoms with van der Waals surface area (Å²) in [7, 11) is 0. The van der Waals surface area contributed by atoms with Crippen LogP contribution in [-0.2, 0) is 0 Å². The van der Waals surface area contributed by atoms with Crippen LogP contribution < -0.4 is 0 Å². The Morgan fingerprint density at radius 1 is 0.515 bits per heavy atom. The van der Waals surface area contributed by atoms with Gasteiger partial charge in [-0.15, -0.1) is 0 Å². The summed E-state index contributed by atoms with van der Waals surface area (Å²) in [6.45, 7) is 0. The van der Waals surface area contributed by atoms with Gasteiger partial charge in [-0.3, -0.25) is 4.98 Å². The van der Waals surface area contributed by atoms with Gasteiger partial charge in [0.1, 0.15) is 11.2 Å². The fourth-order valence-corrected chi connectivity index (χ4v) is 4.98.